The van der Waals surface area contributed by atoms with Gasteiger partial charge < -0.3 is 15.5 Å². The van der Waals surface area contributed by atoms with Crippen molar-refractivity contribution in [3.05, 3.63) is 65.6 Å². The number of fused-ring (bicyclic) bond motifs is 1. The molecule has 0 saturated heterocycles. The molecular formula is C22H24F4N2O. The molecule has 0 amide bonds. The van der Waals surface area contributed by atoms with Crippen molar-refractivity contribution in [2.75, 3.05) is 7.11 Å². The molecule has 1 heterocycles. The lowest BCUT2D eigenvalue weighted by Crippen LogP contribution is -2.58. The van der Waals surface area contributed by atoms with E-state index < -0.39 is 35.8 Å². The maximum absolute atomic E-state index is 14.1. The van der Waals surface area contributed by atoms with E-state index in [1.54, 1.807) is 32.0 Å². The minimum atomic E-state index is -4.66. The molecule has 156 valence electrons. The highest BCUT2D eigenvalue weighted by atomic mass is 19.4. The Morgan fingerprint density at radius 1 is 1.03 bits per heavy atom. The summed E-state index contributed by atoms with van der Waals surface area (Å²) in [7, 11) is 1.40. The molecule has 0 spiro atoms. The molecule has 7 heteroatoms. The van der Waals surface area contributed by atoms with Crippen molar-refractivity contribution >= 4 is 10.9 Å². The zero-order valence-corrected chi connectivity index (χ0v) is 16.5. The van der Waals surface area contributed by atoms with Gasteiger partial charge in [0, 0.05) is 23.2 Å². The first kappa shape index (κ1) is 21.2. The molecule has 3 N–H and O–H groups in total. The predicted molar refractivity (Wildman–Crippen MR) is 106 cm³/mol. The molecule has 0 aliphatic heterocycles. The van der Waals surface area contributed by atoms with Crippen molar-refractivity contribution in [3.8, 4) is 5.75 Å². The van der Waals surface area contributed by atoms with Crippen molar-refractivity contribution in [1.82, 2.24) is 4.98 Å². The van der Waals surface area contributed by atoms with Gasteiger partial charge in [0.25, 0.3) is 0 Å². The highest BCUT2D eigenvalue weighted by molar-refractivity contribution is 5.80. The highest BCUT2D eigenvalue weighted by Gasteiger charge is 2.54. The summed E-state index contributed by atoms with van der Waals surface area (Å²) in [6.45, 7) is 3.23. The first-order valence-corrected chi connectivity index (χ1v) is 9.21. The fourth-order valence-electron chi connectivity index (χ4n) is 3.92. The number of halogens is 4. The van der Waals surface area contributed by atoms with Crippen LogP contribution in [-0.2, 0) is 11.8 Å². The summed E-state index contributed by atoms with van der Waals surface area (Å²) in [5.41, 5.74) is 3.88. The van der Waals surface area contributed by atoms with E-state index in [1.807, 2.05) is 12.1 Å². The van der Waals surface area contributed by atoms with Crippen LogP contribution in [0.15, 0.2) is 48.5 Å². The molecule has 29 heavy (non-hydrogen) atoms. The molecule has 0 aliphatic rings. The lowest BCUT2D eigenvalue weighted by Gasteiger charge is -2.39. The molecule has 0 radical (unpaired) electrons. The fraction of sp³-hybridized carbons (Fsp3) is 0.364. The molecule has 1 aromatic heterocycles. The average Bonchev–Trinajstić information content (AvgIpc) is 3.02. The van der Waals surface area contributed by atoms with E-state index in [4.69, 9.17) is 10.5 Å². The number of hydrogen-bond acceptors (Lipinski definition) is 2. The summed E-state index contributed by atoms with van der Waals surface area (Å²) in [6.07, 6.45) is -5.53. The molecule has 3 nitrogen and oxygen atoms in total. The van der Waals surface area contributed by atoms with Crippen LogP contribution in [0.4, 0.5) is 17.6 Å². The number of nitrogens with one attached hydrogen (secondary N) is 1. The molecule has 0 saturated carbocycles. The van der Waals surface area contributed by atoms with Crippen LogP contribution in [0.1, 0.15) is 31.5 Å². The van der Waals surface area contributed by atoms with Crippen molar-refractivity contribution in [2.45, 2.75) is 43.8 Å². The first-order chi connectivity index (χ1) is 13.4. The number of methoxy groups -OCH3 is 1. The Hall–Kier alpha value is -2.54. The van der Waals surface area contributed by atoms with Gasteiger partial charge in [-0.3, -0.25) is 0 Å². The van der Waals surface area contributed by atoms with E-state index in [9.17, 15) is 17.6 Å². The zero-order chi connectivity index (χ0) is 21.4. The minimum Gasteiger partial charge on any atom is -0.496 e. The maximum Gasteiger partial charge on any atom is 0.406 e. The Labute approximate surface area is 166 Å². The molecule has 0 aliphatic carbocycles. The Morgan fingerprint density at radius 2 is 1.72 bits per heavy atom. The molecular weight excluding hydrogens is 384 g/mol. The second-order valence-electron chi connectivity index (χ2n) is 8.12. The number of nitrogens with two attached hydrogens (primary N) is 1. The van der Waals surface area contributed by atoms with E-state index in [2.05, 4.69) is 4.98 Å². The number of benzene rings is 2. The predicted octanol–water partition coefficient (Wildman–Crippen LogP) is 5.49. The Kier molecular flexibility index (Phi) is 5.38. The van der Waals surface area contributed by atoms with Gasteiger partial charge in [-0.25, -0.2) is 4.39 Å². The topological polar surface area (TPSA) is 51.0 Å². The Morgan fingerprint density at radius 3 is 2.34 bits per heavy atom. The van der Waals surface area contributed by atoms with Crippen LogP contribution in [-0.4, -0.2) is 23.8 Å². The minimum absolute atomic E-state index is 0.325. The number of aromatic amines is 1. The summed E-state index contributed by atoms with van der Waals surface area (Å²) in [6, 6.07) is 12.8. The maximum atomic E-state index is 14.1. The molecule has 2 aromatic carbocycles. The van der Waals surface area contributed by atoms with Crippen LogP contribution in [0, 0.1) is 5.82 Å². The third-order valence-corrected chi connectivity index (χ3v) is 5.30. The van der Waals surface area contributed by atoms with Crippen LogP contribution in [0.3, 0.4) is 0 Å². The summed E-state index contributed by atoms with van der Waals surface area (Å²) in [5, 5.41) is 0.818. The third-order valence-electron chi connectivity index (χ3n) is 5.30. The monoisotopic (exact) mass is 408 g/mol. The van der Waals surface area contributed by atoms with Crippen LogP contribution < -0.4 is 10.5 Å². The summed E-state index contributed by atoms with van der Waals surface area (Å²) in [4.78, 5) is 3.02. The van der Waals surface area contributed by atoms with Gasteiger partial charge in [-0.1, -0.05) is 32.0 Å². The summed E-state index contributed by atoms with van der Waals surface area (Å²) in [5.74, 6) is -0.217. The molecule has 0 bridgehead atoms. The van der Waals surface area contributed by atoms with E-state index >= 15 is 0 Å². The third kappa shape index (κ3) is 4.24. The average molecular weight is 408 g/mol. The smallest absolute Gasteiger partial charge is 0.406 e. The lowest BCUT2D eigenvalue weighted by molar-refractivity contribution is -0.191. The fourth-order valence-corrected chi connectivity index (χ4v) is 3.92. The number of aromatic nitrogens is 1. The van der Waals surface area contributed by atoms with Gasteiger partial charge in [-0.2, -0.15) is 13.2 Å². The number of para-hydroxylation sites is 1. The van der Waals surface area contributed by atoms with Crippen molar-refractivity contribution in [1.29, 1.82) is 0 Å². The number of hydrogen-bond donors (Lipinski definition) is 2. The largest absolute Gasteiger partial charge is 0.496 e. The van der Waals surface area contributed by atoms with E-state index in [0.29, 0.717) is 17.0 Å². The second-order valence-corrected chi connectivity index (χ2v) is 8.12. The second kappa shape index (κ2) is 7.37. The Balaban J connectivity index is 1.99. The number of H-pyrrole nitrogens is 1. The summed E-state index contributed by atoms with van der Waals surface area (Å²) >= 11 is 0. The van der Waals surface area contributed by atoms with E-state index in [0.717, 1.165) is 10.9 Å². The zero-order valence-electron chi connectivity index (χ0n) is 16.5. The SMILES string of the molecule is COc1ccc(F)cc1C(C)(C)CC(N)(Cc1cc2ccccc2[nH]1)C(F)(F)F. The van der Waals surface area contributed by atoms with Crippen molar-refractivity contribution < 1.29 is 22.3 Å². The number of ether oxygens (including phenoxy) is 1. The van der Waals surface area contributed by atoms with Gasteiger partial charge in [-0.05, 0) is 47.6 Å². The van der Waals surface area contributed by atoms with Crippen LogP contribution in [0.2, 0.25) is 0 Å². The van der Waals surface area contributed by atoms with E-state index in [-0.39, 0.29) is 0 Å². The quantitative estimate of drug-likeness (QED) is 0.530. The van der Waals surface area contributed by atoms with Crippen LogP contribution >= 0.6 is 0 Å². The number of rotatable bonds is 6. The first-order valence-electron chi connectivity index (χ1n) is 9.21. The van der Waals surface area contributed by atoms with Gasteiger partial charge in [0.15, 0.2) is 0 Å². The Bertz CT molecular complexity index is 976. The molecule has 1 atom stereocenters. The number of alkyl halides is 3. The van der Waals surface area contributed by atoms with Gasteiger partial charge in [-0.15, -0.1) is 0 Å². The molecule has 3 aromatic rings. The van der Waals surface area contributed by atoms with Gasteiger partial charge in [0.05, 0.1) is 7.11 Å². The van der Waals surface area contributed by atoms with Crippen molar-refractivity contribution in [3.63, 3.8) is 0 Å². The highest BCUT2D eigenvalue weighted by Crippen LogP contribution is 2.44. The summed E-state index contributed by atoms with van der Waals surface area (Å²) < 4.78 is 61.4. The standard InChI is InChI=1S/C22H24F4N2O/c1-20(2,17-11-15(23)8-9-19(17)29-3)13-21(27,22(24,25)26)12-16-10-14-6-4-5-7-18(14)28-16/h4-11,28H,12-13,27H2,1-3H3. The van der Waals surface area contributed by atoms with E-state index in [1.165, 1.54) is 25.3 Å². The van der Waals surface area contributed by atoms with Gasteiger partial charge in [0.2, 0.25) is 0 Å². The van der Waals surface area contributed by atoms with Gasteiger partial charge in [0.1, 0.15) is 17.1 Å². The van der Waals surface area contributed by atoms with Gasteiger partial charge >= 0.3 is 6.18 Å². The van der Waals surface area contributed by atoms with Crippen molar-refractivity contribution in [2.24, 2.45) is 5.73 Å². The molecule has 1 unspecified atom stereocenters. The molecule has 3 rings (SSSR count). The molecule has 0 fully saturated rings. The van der Waals surface area contributed by atoms with Crippen LogP contribution in [0.25, 0.3) is 10.9 Å². The normalized spacial score (nSPS) is 14.8. The van der Waals surface area contributed by atoms with Crippen LogP contribution in [0.5, 0.6) is 5.75 Å². The lowest BCUT2D eigenvalue weighted by atomic mass is 9.72.